The van der Waals surface area contributed by atoms with E-state index < -0.39 is 4.92 Å². The van der Waals surface area contributed by atoms with E-state index in [2.05, 4.69) is 11.1 Å². The van der Waals surface area contributed by atoms with Crippen LogP contribution in [0, 0.1) is 28.4 Å². The number of benzene rings is 2. The van der Waals surface area contributed by atoms with Gasteiger partial charge in [-0.15, -0.1) is 11.3 Å². The molecule has 5 nitrogen and oxygen atoms in total. The number of hydrogen-bond donors (Lipinski definition) is 0. The third kappa shape index (κ3) is 3.80. The fourth-order valence-electron chi connectivity index (χ4n) is 2.31. The summed E-state index contributed by atoms with van der Waals surface area (Å²) in [5.41, 5.74) is 3.51. The van der Waals surface area contributed by atoms with Gasteiger partial charge in [0.2, 0.25) is 0 Å². The van der Waals surface area contributed by atoms with E-state index in [0.29, 0.717) is 21.2 Å². The molecule has 3 rings (SSSR count). The summed E-state index contributed by atoms with van der Waals surface area (Å²) in [5, 5.41) is 23.2. The highest BCUT2D eigenvalue weighted by atomic mass is 35.5. The third-order valence-corrected chi connectivity index (χ3v) is 4.91. The Kier molecular flexibility index (Phi) is 5.12. The van der Waals surface area contributed by atoms with Crippen LogP contribution in [-0.2, 0) is 0 Å². The summed E-state index contributed by atoms with van der Waals surface area (Å²) in [5.74, 6) is 0. The lowest BCUT2D eigenvalue weighted by molar-refractivity contribution is -0.384. The second-order valence-corrected chi connectivity index (χ2v) is 6.80. The number of nitriles is 1. The minimum absolute atomic E-state index is 0.0857. The quantitative estimate of drug-likeness (QED) is 0.327. The molecule has 0 aliphatic heterocycles. The Bertz CT molecular complexity index is 1050. The number of aryl methyl sites for hydroxylation is 1. The molecule has 1 heterocycles. The summed E-state index contributed by atoms with van der Waals surface area (Å²) in [6.07, 6.45) is 1.52. The predicted molar refractivity (Wildman–Crippen MR) is 104 cm³/mol. The van der Waals surface area contributed by atoms with E-state index in [1.54, 1.807) is 0 Å². The number of nitro benzene ring substituents is 1. The smallest absolute Gasteiger partial charge is 0.258 e. The minimum atomic E-state index is -0.501. The molecular weight excluding hydrogens is 370 g/mol. The van der Waals surface area contributed by atoms with Crippen LogP contribution in [0.4, 0.5) is 5.69 Å². The van der Waals surface area contributed by atoms with Gasteiger partial charge in [-0.3, -0.25) is 10.1 Å². The molecule has 0 saturated heterocycles. The molecule has 1 aromatic heterocycles. The number of allylic oxidation sites excluding steroid dienone is 1. The van der Waals surface area contributed by atoms with Gasteiger partial charge in [-0.25, -0.2) is 4.98 Å². The average Bonchev–Trinajstić information content (AvgIpc) is 3.11. The van der Waals surface area contributed by atoms with Crippen molar-refractivity contribution < 1.29 is 4.92 Å². The van der Waals surface area contributed by atoms with Crippen molar-refractivity contribution >= 4 is 40.3 Å². The normalized spacial score (nSPS) is 11.2. The van der Waals surface area contributed by atoms with Crippen LogP contribution in [0.3, 0.4) is 0 Å². The fourth-order valence-corrected chi connectivity index (χ4v) is 3.27. The molecule has 0 spiro atoms. The minimum Gasteiger partial charge on any atom is -0.258 e. The molecular formula is C19H12ClN3O2S. The van der Waals surface area contributed by atoms with Gasteiger partial charge in [-0.2, -0.15) is 5.26 Å². The van der Waals surface area contributed by atoms with Gasteiger partial charge in [0.05, 0.1) is 16.2 Å². The van der Waals surface area contributed by atoms with Gasteiger partial charge in [-0.1, -0.05) is 41.4 Å². The molecule has 2 aromatic carbocycles. The van der Waals surface area contributed by atoms with Crippen LogP contribution in [0.15, 0.2) is 47.8 Å². The van der Waals surface area contributed by atoms with Gasteiger partial charge in [0, 0.05) is 33.7 Å². The van der Waals surface area contributed by atoms with Gasteiger partial charge >= 0.3 is 0 Å². The van der Waals surface area contributed by atoms with E-state index in [1.807, 2.05) is 36.6 Å². The average molecular weight is 382 g/mol. The number of nitro groups is 1. The highest BCUT2D eigenvalue weighted by molar-refractivity contribution is 7.11. The maximum absolute atomic E-state index is 10.9. The lowest BCUT2D eigenvalue weighted by Gasteiger charge is -2.00. The van der Waals surface area contributed by atoms with Crippen LogP contribution in [-0.4, -0.2) is 9.91 Å². The molecule has 0 fully saturated rings. The molecule has 26 heavy (non-hydrogen) atoms. The van der Waals surface area contributed by atoms with E-state index in [0.717, 1.165) is 16.8 Å². The zero-order chi connectivity index (χ0) is 18.7. The van der Waals surface area contributed by atoms with Crippen LogP contribution < -0.4 is 0 Å². The number of nitrogens with zero attached hydrogens (tertiary/aromatic N) is 3. The summed E-state index contributed by atoms with van der Waals surface area (Å²) in [6, 6.07) is 14.2. The zero-order valence-electron chi connectivity index (χ0n) is 13.6. The summed E-state index contributed by atoms with van der Waals surface area (Å²) in [6.45, 7) is 2.01. The Labute approximate surface area is 159 Å². The van der Waals surface area contributed by atoms with Crippen molar-refractivity contribution in [3.05, 3.63) is 79.1 Å². The highest BCUT2D eigenvalue weighted by Crippen LogP contribution is 2.30. The number of non-ortho nitro benzene ring substituents is 1. The third-order valence-electron chi connectivity index (χ3n) is 3.69. The molecule has 128 valence electrons. The first-order valence-corrected chi connectivity index (χ1v) is 8.82. The number of aromatic nitrogens is 1. The summed E-state index contributed by atoms with van der Waals surface area (Å²) in [7, 11) is 0. The van der Waals surface area contributed by atoms with Crippen LogP contribution in [0.5, 0.6) is 0 Å². The van der Waals surface area contributed by atoms with Gasteiger partial charge in [-0.05, 0) is 19.1 Å². The molecule has 0 aliphatic rings. The second kappa shape index (κ2) is 7.48. The van der Waals surface area contributed by atoms with Crippen molar-refractivity contribution in [3.63, 3.8) is 0 Å². The lowest BCUT2D eigenvalue weighted by Crippen LogP contribution is -1.89. The van der Waals surface area contributed by atoms with Gasteiger partial charge in [0.15, 0.2) is 0 Å². The van der Waals surface area contributed by atoms with Crippen LogP contribution in [0.2, 0.25) is 5.02 Å². The van der Waals surface area contributed by atoms with E-state index in [9.17, 15) is 15.4 Å². The first-order chi connectivity index (χ1) is 12.5. The molecule has 3 aromatic rings. The lowest BCUT2D eigenvalue weighted by atomic mass is 10.1. The van der Waals surface area contributed by atoms with Crippen molar-refractivity contribution in [2.45, 2.75) is 6.92 Å². The van der Waals surface area contributed by atoms with E-state index in [1.165, 1.54) is 35.6 Å². The van der Waals surface area contributed by atoms with Crippen molar-refractivity contribution in [2.24, 2.45) is 0 Å². The second-order valence-electron chi connectivity index (χ2n) is 5.54. The Morgan fingerprint density at radius 3 is 2.69 bits per heavy atom. The van der Waals surface area contributed by atoms with Crippen molar-refractivity contribution in [3.8, 4) is 17.3 Å². The van der Waals surface area contributed by atoms with Crippen molar-refractivity contribution in [1.29, 1.82) is 5.26 Å². The standard InChI is InChI=1S/C19H12ClN3O2S/c1-12-2-4-13(5-3-12)18-11-26-19(22-18)15(10-21)8-14-9-16(23(24)25)6-7-17(14)20/h2-9,11H,1H3/b15-8+. The van der Waals surface area contributed by atoms with Crippen LogP contribution in [0.25, 0.3) is 22.9 Å². The zero-order valence-corrected chi connectivity index (χ0v) is 15.2. The molecule has 0 atom stereocenters. The summed E-state index contributed by atoms with van der Waals surface area (Å²) >= 11 is 7.45. The summed E-state index contributed by atoms with van der Waals surface area (Å²) in [4.78, 5) is 15.0. The molecule has 0 aliphatic carbocycles. The molecule has 7 heteroatoms. The van der Waals surface area contributed by atoms with Gasteiger partial charge < -0.3 is 0 Å². The number of thiazole rings is 1. The number of halogens is 1. The predicted octanol–water partition coefficient (Wildman–Crippen LogP) is 5.74. The van der Waals surface area contributed by atoms with Gasteiger partial charge in [0.1, 0.15) is 11.1 Å². The van der Waals surface area contributed by atoms with E-state index in [4.69, 9.17) is 11.6 Å². The molecule has 0 radical (unpaired) electrons. The molecule has 0 unspecified atom stereocenters. The summed E-state index contributed by atoms with van der Waals surface area (Å²) < 4.78 is 0. The molecule has 0 bridgehead atoms. The van der Waals surface area contributed by atoms with Crippen molar-refractivity contribution in [2.75, 3.05) is 0 Å². The Morgan fingerprint density at radius 1 is 1.31 bits per heavy atom. The topological polar surface area (TPSA) is 79.8 Å². The Hall–Kier alpha value is -3.01. The Balaban J connectivity index is 1.99. The molecule has 0 saturated carbocycles. The maximum Gasteiger partial charge on any atom is 0.270 e. The van der Waals surface area contributed by atoms with Crippen LogP contribution >= 0.6 is 22.9 Å². The Morgan fingerprint density at radius 2 is 2.04 bits per heavy atom. The van der Waals surface area contributed by atoms with Crippen molar-refractivity contribution in [1.82, 2.24) is 4.98 Å². The molecule has 0 amide bonds. The number of rotatable bonds is 4. The van der Waals surface area contributed by atoms with Crippen LogP contribution in [0.1, 0.15) is 16.1 Å². The van der Waals surface area contributed by atoms with Gasteiger partial charge in [0.25, 0.3) is 5.69 Å². The monoisotopic (exact) mass is 381 g/mol. The molecule has 0 N–H and O–H groups in total. The fraction of sp³-hybridized carbons (Fsp3) is 0.0526. The SMILES string of the molecule is Cc1ccc(-c2csc(/C(C#N)=C/c3cc([N+](=O)[O-])ccc3Cl)n2)cc1. The van der Waals surface area contributed by atoms with E-state index in [-0.39, 0.29) is 5.69 Å². The maximum atomic E-state index is 10.9. The number of hydrogen-bond acceptors (Lipinski definition) is 5. The first-order valence-electron chi connectivity index (χ1n) is 7.56. The largest absolute Gasteiger partial charge is 0.270 e. The first kappa shape index (κ1) is 17.8. The highest BCUT2D eigenvalue weighted by Gasteiger charge is 2.12. The van der Waals surface area contributed by atoms with E-state index >= 15 is 0 Å².